The molecule has 1 atom stereocenters. The molecule has 6 heteroatoms. The summed E-state index contributed by atoms with van der Waals surface area (Å²) in [7, 11) is 0. The molecule has 6 nitrogen and oxygen atoms in total. The molecule has 0 bridgehead atoms. The highest BCUT2D eigenvalue weighted by Gasteiger charge is 2.35. The lowest BCUT2D eigenvalue weighted by Crippen LogP contribution is -2.50. The summed E-state index contributed by atoms with van der Waals surface area (Å²) < 4.78 is 5.69. The predicted molar refractivity (Wildman–Crippen MR) is 86.8 cm³/mol. The van der Waals surface area contributed by atoms with Gasteiger partial charge in [0.1, 0.15) is 18.6 Å². The Morgan fingerprint density at radius 1 is 1.30 bits per heavy atom. The quantitative estimate of drug-likeness (QED) is 0.751. The van der Waals surface area contributed by atoms with Crippen LogP contribution in [0.3, 0.4) is 0 Å². The Morgan fingerprint density at radius 2 is 2.00 bits per heavy atom. The number of hydrogen-bond donors (Lipinski definition) is 0. The number of carbonyl (C=O) groups is 3. The molecule has 0 saturated heterocycles. The maximum Gasteiger partial charge on any atom is 0.268 e. The van der Waals surface area contributed by atoms with E-state index in [4.69, 9.17) is 4.74 Å². The highest BCUT2D eigenvalue weighted by molar-refractivity contribution is 6.04. The summed E-state index contributed by atoms with van der Waals surface area (Å²) in [6.45, 7) is 6.79. The Morgan fingerprint density at radius 3 is 2.57 bits per heavy atom. The van der Waals surface area contributed by atoms with Crippen LogP contribution in [-0.4, -0.2) is 48.7 Å². The monoisotopic (exact) mass is 318 g/mol. The van der Waals surface area contributed by atoms with Gasteiger partial charge in [-0.1, -0.05) is 6.92 Å². The summed E-state index contributed by atoms with van der Waals surface area (Å²) in [6.07, 6.45) is 0.624. The second kappa shape index (κ2) is 7.26. The van der Waals surface area contributed by atoms with Gasteiger partial charge >= 0.3 is 0 Å². The first-order valence-electron chi connectivity index (χ1n) is 7.90. The zero-order valence-corrected chi connectivity index (χ0v) is 13.7. The van der Waals surface area contributed by atoms with Gasteiger partial charge in [-0.3, -0.25) is 19.3 Å². The van der Waals surface area contributed by atoms with E-state index in [-0.39, 0.29) is 18.4 Å². The minimum absolute atomic E-state index is 0.0459. The van der Waals surface area contributed by atoms with E-state index in [2.05, 4.69) is 0 Å². The van der Waals surface area contributed by atoms with Crippen LogP contribution < -0.4 is 9.64 Å². The predicted octanol–water partition coefficient (Wildman–Crippen LogP) is 1.87. The van der Waals surface area contributed by atoms with Gasteiger partial charge in [-0.15, -0.1) is 0 Å². The fourth-order valence-electron chi connectivity index (χ4n) is 2.65. The van der Waals surface area contributed by atoms with E-state index in [1.54, 1.807) is 23.1 Å². The fourth-order valence-corrected chi connectivity index (χ4v) is 2.65. The van der Waals surface area contributed by atoms with E-state index in [1.807, 2.05) is 20.8 Å². The normalized spacial score (nSPS) is 16.6. The fraction of sp³-hybridized carbons (Fsp3) is 0.471. The SMILES string of the molecule is CCC1Oc2ccc(C=O)cc2N(CC(=O)N(CC)CC)C1=O. The molecule has 1 aliphatic heterocycles. The standard InChI is InChI=1S/C17H22N2O4/c1-4-14-17(22)19(10-16(21)18(5-2)6-3)13-9-12(11-20)7-8-15(13)23-14/h7-9,11,14H,4-6,10H2,1-3H3. The molecule has 0 aromatic heterocycles. The van der Waals surface area contributed by atoms with Gasteiger partial charge in [-0.05, 0) is 38.5 Å². The van der Waals surface area contributed by atoms with Crippen LogP contribution in [0.15, 0.2) is 18.2 Å². The Hall–Kier alpha value is -2.37. The molecule has 1 aliphatic rings. The minimum Gasteiger partial charge on any atom is -0.478 e. The summed E-state index contributed by atoms with van der Waals surface area (Å²) in [6, 6.07) is 4.89. The number of amides is 2. The van der Waals surface area contributed by atoms with Gasteiger partial charge < -0.3 is 9.64 Å². The maximum absolute atomic E-state index is 12.6. The minimum atomic E-state index is -0.603. The third kappa shape index (κ3) is 3.36. The van der Waals surface area contributed by atoms with Crippen LogP contribution in [0, 0.1) is 0 Å². The Kier molecular flexibility index (Phi) is 5.36. The largest absolute Gasteiger partial charge is 0.478 e. The molecule has 2 amide bonds. The van der Waals surface area contributed by atoms with E-state index in [0.29, 0.717) is 42.8 Å². The van der Waals surface area contributed by atoms with Crippen LogP contribution in [0.2, 0.25) is 0 Å². The zero-order chi connectivity index (χ0) is 17.0. The molecule has 1 aromatic carbocycles. The number of anilines is 1. The lowest BCUT2D eigenvalue weighted by molar-refractivity contribution is -0.133. The average Bonchev–Trinajstić information content (AvgIpc) is 2.57. The second-order valence-corrected chi connectivity index (χ2v) is 5.35. The van der Waals surface area contributed by atoms with Crippen molar-refractivity contribution in [2.24, 2.45) is 0 Å². The number of hydrogen-bond acceptors (Lipinski definition) is 4. The molecule has 0 aliphatic carbocycles. The van der Waals surface area contributed by atoms with Crippen molar-refractivity contribution in [2.75, 3.05) is 24.5 Å². The van der Waals surface area contributed by atoms with Crippen molar-refractivity contribution >= 4 is 23.8 Å². The van der Waals surface area contributed by atoms with Crippen LogP contribution in [0.1, 0.15) is 37.6 Å². The Labute approximate surface area is 136 Å². The van der Waals surface area contributed by atoms with Crippen molar-refractivity contribution in [3.05, 3.63) is 23.8 Å². The summed E-state index contributed by atoms with van der Waals surface area (Å²) >= 11 is 0. The van der Waals surface area contributed by atoms with Gasteiger partial charge in [0, 0.05) is 18.7 Å². The molecule has 0 N–H and O–H groups in total. The topological polar surface area (TPSA) is 66.9 Å². The van der Waals surface area contributed by atoms with E-state index in [9.17, 15) is 14.4 Å². The number of ether oxygens (including phenoxy) is 1. The third-order valence-electron chi connectivity index (χ3n) is 4.00. The summed E-state index contributed by atoms with van der Waals surface area (Å²) in [5, 5.41) is 0. The first-order valence-corrected chi connectivity index (χ1v) is 7.90. The van der Waals surface area contributed by atoms with Crippen molar-refractivity contribution in [3.8, 4) is 5.75 Å². The number of fused-ring (bicyclic) bond motifs is 1. The van der Waals surface area contributed by atoms with Gasteiger partial charge in [0.05, 0.1) is 5.69 Å². The van der Waals surface area contributed by atoms with Crippen LogP contribution in [0.4, 0.5) is 5.69 Å². The highest BCUT2D eigenvalue weighted by Crippen LogP contribution is 2.35. The molecule has 124 valence electrons. The van der Waals surface area contributed by atoms with E-state index < -0.39 is 6.10 Å². The lowest BCUT2D eigenvalue weighted by Gasteiger charge is -2.34. The van der Waals surface area contributed by atoms with Gasteiger partial charge in [0.2, 0.25) is 5.91 Å². The summed E-state index contributed by atoms with van der Waals surface area (Å²) in [5.41, 5.74) is 0.917. The number of likely N-dealkylation sites (N-methyl/N-ethyl adjacent to an activating group) is 1. The van der Waals surface area contributed by atoms with Crippen LogP contribution in [0.25, 0.3) is 0 Å². The zero-order valence-electron chi connectivity index (χ0n) is 13.7. The maximum atomic E-state index is 12.6. The van der Waals surface area contributed by atoms with Crippen LogP contribution >= 0.6 is 0 Å². The first-order chi connectivity index (χ1) is 11.0. The average molecular weight is 318 g/mol. The molecule has 1 heterocycles. The molecular formula is C17H22N2O4. The molecule has 0 radical (unpaired) electrons. The number of benzene rings is 1. The van der Waals surface area contributed by atoms with Crippen molar-refractivity contribution in [2.45, 2.75) is 33.3 Å². The van der Waals surface area contributed by atoms with E-state index >= 15 is 0 Å². The Bertz CT molecular complexity index is 611. The number of rotatable bonds is 6. The highest BCUT2D eigenvalue weighted by atomic mass is 16.5. The van der Waals surface area contributed by atoms with E-state index in [0.717, 1.165) is 0 Å². The van der Waals surface area contributed by atoms with Gasteiger partial charge in [0.15, 0.2) is 6.10 Å². The van der Waals surface area contributed by atoms with Crippen molar-refractivity contribution in [1.82, 2.24) is 4.90 Å². The van der Waals surface area contributed by atoms with Crippen molar-refractivity contribution in [1.29, 1.82) is 0 Å². The molecule has 0 spiro atoms. The molecule has 1 unspecified atom stereocenters. The van der Waals surface area contributed by atoms with Crippen molar-refractivity contribution < 1.29 is 19.1 Å². The van der Waals surface area contributed by atoms with Gasteiger partial charge in [-0.2, -0.15) is 0 Å². The number of aldehydes is 1. The lowest BCUT2D eigenvalue weighted by atomic mass is 10.1. The molecule has 0 fully saturated rings. The Balaban J connectivity index is 2.37. The van der Waals surface area contributed by atoms with E-state index in [1.165, 1.54) is 4.90 Å². The molecule has 23 heavy (non-hydrogen) atoms. The first kappa shape index (κ1) is 17.0. The third-order valence-corrected chi connectivity index (χ3v) is 4.00. The molecular weight excluding hydrogens is 296 g/mol. The summed E-state index contributed by atoms with van der Waals surface area (Å²) in [4.78, 5) is 39.1. The molecule has 1 aromatic rings. The molecule has 2 rings (SSSR count). The summed E-state index contributed by atoms with van der Waals surface area (Å²) in [5.74, 6) is 0.153. The van der Waals surface area contributed by atoms with Crippen molar-refractivity contribution in [3.63, 3.8) is 0 Å². The van der Waals surface area contributed by atoms with Crippen LogP contribution in [0.5, 0.6) is 5.75 Å². The number of carbonyl (C=O) groups excluding carboxylic acids is 3. The van der Waals surface area contributed by atoms with Crippen LogP contribution in [-0.2, 0) is 9.59 Å². The smallest absolute Gasteiger partial charge is 0.268 e. The van der Waals surface area contributed by atoms with Gasteiger partial charge in [0.25, 0.3) is 5.91 Å². The van der Waals surface area contributed by atoms with Gasteiger partial charge in [-0.25, -0.2) is 0 Å². The second-order valence-electron chi connectivity index (χ2n) is 5.35. The molecule has 0 saturated carbocycles. The number of nitrogens with zero attached hydrogens (tertiary/aromatic N) is 2.